The minimum Gasteiger partial charge on any atom is -0.328 e. The van der Waals surface area contributed by atoms with Crippen molar-refractivity contribution in [1.29, 1.82) is 0 Å². The SMILES string of the molecule is C#CC(=O)N(CC)CC=C. The van der Waals surface area contributed by atoms with Crippen LogP contribution in [0.3, 0.4) is 0 Å². The molecule has 0 N–H and O–H groups in total. The monoisotopic (exact) mass is 137 g/mol. The lowest BCUT2D eigenvalue weighted by Gasteiger charge is -2.14. The zero-order chi connectivity index (χ0) is 7.98. The van der Waals surface area contributed by atoms with Gasteiger partial charge in [-0.2, -0.15) is 0 Å². The zero-order valence-electron chi connectivity index (χ0n) is 6.13. The van der Waals surface area contributed by atoms with Crippen molar-refractivity contribution in [2.45, 2.75) is 6.92 Å². The maximum absolute atomic E-state index is 10.8. The molecule has 0 atom stereocenters. The van der Waals surface area contributed by atoms with E-state index in [0.29, 0.717) is 13.1 Å². The molecule has 0 aromatic rings. The summed E-state index contributed by atoms with van der Waals surface area (Å²) in [5.41, 5.74) is 0. The van der Waals surface area contributed by atoms with E-state index in [0.717, 1.165) is 0 Å². The standard InChI is InChI=1S/C8H11NO/c1-4-7-9(6-3)8(10)5-2/h2,4H,1,6-7H2,3H3. The van der Waals surface area contributed by atoms with Gasteiger partial charge in [-0.05, 0) is 12.8 Å². The summed E-state index contributed by atoms with van der Waals surface area (Å²) in [5.74, 6) is 1.76. The molecule has 2 nitrogen and oxygen atoms in total. The van der Waals surface area contributed by atoms with Crippen molar-refractivity contribution in [3.63, 3.8) is 0 Å². The molecule has 0 saturated carbocycles. The average molecular weight is 137 g/mol. The summed E-state index contributed by atoms with van der Waals surface area (Å²) in [7, 11) is 0. The maximum Gasteiger partial charge on any atom is 0.298 e. The van der Waals surface area contributed by atoms with E-state index in [-0.39, 0.29) is 5.91 Å². The van der Waals surface area contributed by atoms with Crippen LogP contribution in [0.25, 0.3) is 0 Å². The van der Waals surface area contributed by atoms with Crippen LogP contribution in [0, 0.1) is 12.3 Å². The number of amides is 1. The van der Waals surface area contributed by atoms with Gasteiger partial charge in [0, 0.05) is 13.1 Å². The first kappa shape index (κ1) is 8.77. The van der Waals surface area contributed by atoms with Gasteiger partial charge < -0.3 is 4.90 Å². The van der Waals surface area contributed by atoms with Crippen LogP contribution in [0.5, 0.6) is 0 Å². The maximum atomic E-state index is 10.8. The lowest BCUT2D eigenvalue weighted by Crippen LogP contribution is -2.29. The molecule has 0 aliphatic carbocycles. The number of terminal acetylenes is 1. The quantitative estimate of drug-likeness (QED) is 0.413. The van der Waals surface area contributed by atoms with E-state index >= 15 is 0 Å². The second-order valence-corrected chi connectivity index (χ2v) is 1.78. The highest BCUT2D eigenvalue weighted by atomic mass is 16.2. The van der Waals surface area contributed by atoms with Gasteiger partial charge >= 0.3 is 0 Å². The second-order valence-electron chi connectivity index (χ2n) is 1.78. The van der Waals surface area contributed by atoms with Crippen LogP contribution in [0.2, 0.25) is 0 Å². The molecule has 0 aromatic carbocycles. The molecular weight excluding hydrogens is 126 g/mol. The fourth-order valence-corrected chi connectivity index (χ4v) is 0.603. The van der Waals surface area contributed by atoms with Gasteiger partial charge in [0.15, 0.2) is 0 Å². The molecule has 10 heavy (non-hydrogen) atoms. The Bertz CT molecular complexity index is 167. The van der Waals surface area contributed by atoms with Gasteiger partial charge in [0.25, 0.3) is 5.91 Å². The van der Waals surface area contributed by atoms with Crippen molar-refractivity contribution < 1.29 is 4.79 Å². The second kappa shape index (κ2) is 4.63. The molecule has 0 aliphatic rings. The number of nitrogens with zero attached hydrogens (tertiary/aromatic N) is 1. The van der Waals surface area contributed by atoms with E-state index in [1.165, 1.54) is 4.90 Å². The number of carbonyl (C=O) groups is 1. The fraction of sp³-hybridized carbons (Fsp3) is 0.375. The van der Waals surface area contributed by atoms with Gasteiger partial charge in [-0.1, -0.05) is 6.08 Å². The van der Waals surface area contributed by atoms with Crippen molar-refractivity contribution in [1.82, 2.24) is 4.90 Å². The van der Waals surface area contributed by atoms with Crippen molar-refractivity contribution in [2.24, 2.45) is 0 Å². The summed E-state index contributed by atoms with van der Waals surface area (Å²) in [6, 6.07) is 0. The minimum atomic E-state index is -0.276. The Morgan fingerprint density at radius 2 is 2.50 bits per heavy atom. The average Bonchev–Trinajstić information content (AvgIpc) is 1.99. The van der Waals surface area contributed by atoms with Crippen molar-refractivity contribution in [2.75, 3.05) is 13.1 Å². The summed E-state index contributed by atoms with van der Waals surface area (Å²) in [6.45, 7) is 6.54. The fourth-order valence-electron chi connectivity index (χ4n) is 0.603. The Morgan fingerprint density at radius 3 is 2.80 bits per heavy atom. The molecule has 0 saturated heterocycles. The Morgan fingerprint density at radius 1 is 1.90 bits per heavy atom. The molecule has 0 spiro atoms. The highest BCUT2D eigenvalue weighted by Gasteiger charge is 2.03. The van der Waals surface area contributed by atoms with E-state index in [9.17, 15) is 4.79 Å². The van der Waals surface area contributed by atoms with Crippen molar-refractivity contribution in [3.05, 3.63) is 12.7 Å². The molecule has 0 rings (SSSR count). The van der Waals surface area contributed by atoms with E-state index in [1.807, 2.05) is 12.8 Å². The lowest BCUT2D eigenvalue weighted by atomic mass is 10.4. The summed E-state index contributed by atoms with van der Waals surface area (Å²) >= 11 is 0. The predicted octanol–water partition coefficient (Wildman–Crippen LogP) is 0.654. The Kier molecular flexibility index (Phi) is 4.06. The van der Waals surface area contributed by atoms with Crippen LogP contribution in [0.4, 0.5) is 0 Å². The van der Waals surface area contributed by atoms with Crippen LogP contribution >= 0.6 is 0 Å². The zero-order valence-corrected chi connectivity index (χ0v) is 6.13. The van der Waals surface area contributed by atoms with Gasteiger partial charge in [0.05, 0.1) is 0 Å². The third kappa shape index (κ3) is 2.36. The van der Waals surface area contributed by atoms with E-state index in [4.69, 9.17) is 6.42 Å². The van der Waals surface area contributed by atoms with Crippen LogP contribution in [0.1, 0.15) is 6.92 Å². The molecule has 0 aliphatic heterocycles. The molecular formula is C8H11NO. The minimum absolute atomic E-state index is 0.276. The predicted molar refractivity (Wildman–Crippen MR) is 41.3 cm³/mol. The number of hydrogen-bond acceptors (Lipinski definition) is 1. The van der Waals surface area contributed by atoms with Gasteiger partial charge in [0.2, 0.25) is 0 Å². The largest absolute Gasteiger partial charge is 0.328 e. The summed E-state index contributed by atoms with van der Waals surface area (Å²) in [5, 5.41) is 0. The molecule has 0 radical (unpaired) electrons. The van der Waals surface area contributed by atoms with E-state index in [1.54, 1.807) is 6.08 Å². The number of likely N-dealkylation sites (N-methyl/N-ethyl adjacent to an activating group) is 1. The molecule has 2 heteroatoms. The molecule has 0 aromatic heterocycles. The first-order chi connectivity index (χ1) is 4.76. The molecule has 0 fully saturated rings. The topological polar surface area (TPSA) is 20.3 Å². The first-order valence-corrected chi connectivity index (χ1v) is 3.12. The Labute approximate surface area is 61.5 Å². The third-order valence-corrected chi connectivity index (χ3v) is 1.14. The highest BCUT2D eigenvalue weighted by Crippen LogP contribution is 1.87. The van der Waals surface area contributed by atoms with Crippen molar-refractivity contribution in [3.8, 4) is 12.3 Å². The van der Waals surface area contributed by atoms with Gasteiger partial charge in [-0.3, -0.25) is 4.79 Å². The van der Waals surface area contributed by atoms with Gasteiger partial charge in [0.1, 0.15) is 0 Å². The smallest absolute Gasteiger partial charge is 0.298 e. The number of carbonyl (C=O) groups excluding carboxylic acids is 1. The van der Waals surface area contributed by atoms with Crippen LogP contribution in [-0.4, -0.2) is 23.9 Å². The molecule has 0 unspecified atom stereocenters. The van der Waals surface area contributed by atoms with Crippen LogP contribution in [0.15, 0.2) is 12.7 Å². The Balaban J connectivity index is 3.95. The molecule has 0 bridgehead atoms. The molecule has 1 amide bonds. The van der Waals surface area contributed by atoms with E-state index in [2.05, 4.69) is 6.58 Å². The third-order valence-electron chi connectivity index (χ3n) is 1.14. The summed E-state index contributed by atoms with van der Waals surface area (Å²) in [6.07, 6.45) is 6.55. The normalized spacial score (nSPS) is 8.00. The van der Waals surface area contributed by atoms with Crippen LogP contribution < -0.4 is 0 Å². The number of hydrogen-bond donors (Lipinski definition) is 0. The Hall–Kier alpha value is -1.23. The molecule has 54 valence electrons. The first-order valence-electron chi connectivity index (χ1n) is 3.12. The van der Waals surface area contributed by atoms with Gasteiger partial charge in [-0.25, -0.2) is 0 Å². The van der Waals surface area contributed by atoms with Crippen molar-refractivity contribution >= 4 is 5.91 Å². The summed E-state index contributed by atoms with van der Waals surface area (Å²) < 4.78 is 0. The summed E-state index contributed by atoms with van der Waals surface area (Å²) in [4.78, 5) is 12.3. The lowest BCUT2D eigenvalue weighted by molar-refractivity contribution is -0.124. The van der Waals surface area contributed by atoms with Gasteiger partial charge in [-0.15, -0.1) is 13.0 Å². The molecule has 0 heterocycles. The number of rotatable bonds is 3. The van der Waals surface area contributed by atoms with E-state index < -0.39 is 0 Å². The highest BCUT2D eigenvalue weighted by molar-refractivity contribution is 5.92. The van der Waals surface area contributed by atoms with Crippen LogP contribution in [-0.2, 0) is 4.79 Å².